The molecule has 2 atom stereocenters. The first-order chi connectivity index (χ1) is 9.15. The van der Waals surface area contributed by atoms with Crippen molar-refractivity contribution in [3.63, 3.8) is 0 Å². The van der Waals surface area contributed by atoms with E-state index in [2.05, 4.69) is 12.2 Å². The molecular formula is C15H24N2OS. The van der Waals surface area contributed by atoms with E-state index in [0.29, 0.717) is 5.56 Å². The van der Waals surface area contributed by atoms with Gasteiger partial charge in [-0.25, -0.2) is 0 Å². The summed E-state index contributed by atoms with van der Waals surface area (Å²) in [6.07, 6.45) is 6.88. The Bertz CT molecular complexity index is 416. The molecule has 0 aromatic carbocycles. The van der Waals surface area contributed by atoms with Crippen LogP contribution in [0.4, 0.5) is 0 Å². The molecule has 2 unspecified atom stereocenters. The van der Waals surface area contributed by atoms with Crippen molar-refractivity contribution < 1.29 is 4.79 Å². The molecule has 2 rings (SSSR count). The zero-order valence-corrected chi connectivity index (χ0v) is 12.5. The average molecular weight is 280 g/mol. The smallest absolute Gasteiger partial charge is 0.249 e. The molecule has 0 spiro atoms. The topological polar surface area (TPSA) is 55.1 Å². The van der Waals surface area contributed by atoms with Crippen LogP contribution in [0.2, 0.25) is 0 Å². The van der Waals surface area contributed by atoms with Gasteiger partial charge in [-0.05, 0) is 37.3 Å². The second-order valence-corrected chi connectivity index (χ2v) is 6.76. The molecule has 0 saturated heterocycles. The summed E-state index contributed by atoms with van der Waals surface area (Å²) < 4.78 is 0. The minimum atomic E-state index is -0.335. The quantitative estimate of drug-likeness (QED) is 0.786. The largest absolute Gasteiger partial charge is 0.366 e. The van der Waals surface area contributed by atoms with Gasteiger partial charge in [0.2, 0.25) is 5.91 Å². The summed E-state index contributed by atoms with van der Waals surface area (Å²) >= 11 is 1.60. The van der Waals surface area contributed by atoms with Gasteiger partial charge in [0.15, 0.2) is 0 Å². The van der Waals surface area contributed by atoms with Crippen LogP contribution in [-0.4, -0.2) is 12.5 Å². The number of nitrogens with two attached hydrogens (primary N) is 1. The molecule has 1 aliphatic carbocycles. The van der Waals surface area contributed by atoms with Crippen LogP contribution in [0.15, 0.2) is 11.4 Å². The molecule has 1 heterocycles. The van der Waals surface area contributed by atoms with Crippen molar-refractivity contribution in [3.05, 3.63) is 21.9 Å². The number of thiophene rings is 1. The number of carbonyl (C=O) groups excluding carboxylic acids is 1. The highest BCUT2D eigenvalue weighted by Crippen LogP contribution is 2.30. The summed E-state index contributed by atoms with van der Waals surface area (Å²) in [5.41, 5.74) is 5.87. The summed E-state index contributed by atoms with van der Waals surface area (Å²) in [5.74, 6) is 1.48. The zero-order chi connectivity index (χ0) is 13.7. The molecule has 106 valence electrons. The number of carbonyl (C=O) groups is 1. The van der Waals surface area contributed by atoms with Crippen LogP contribution in [0.25, 0.3) is 0 Å². The average Bonchev–Trinajstić information content (AvgIpc) is 2.84. The van der Waals surface area contributed by atoms with Gasteiger partial charge in [0.25, 0.3) is 0 Å². The van der Waals surface area contributed by atoms with Crippen molar-refractivity contribution in [2.24, 2.45) is 17.6 Å². The number of amides is 1. The Morgan fingerprint density at radius 1 is 1.53 bits per heavy atom. The molecule has 1 fully saturated rings. The van der Waals surface area contributed by atoms with Crippen LogP contribution in [-0.2, 0) is 6.54 Å². The van der Waals surface area contributed by atoms with Crippen molar-refractivity contribution in [3.8, 4) is 0 Å². The fraction of sp³-hybridized carbons (Fsp3) is 0.667. The maximum Gasteiger partial charge on any atom is 0.249 e. The summed E-state index contributed by atoms with van der Waals surface area (Å²) in [6, 6.07) is 1.89. The second kappa shape index (κ2) is 7.06. The van der Waals surface area contributed by atoms with Crippen LogP contribution in [0.5, 0.6) is 0 Å². The van der Waals surface area contributed by atoms with Gasteiger partial charge in [-0.3, -0.25) is 4.79 Å². The number of primary amides is 1. The molecule has 1 saturated carbocycles. The lowest BCUT2D eigenvalue weighted by Crippen LogP contribution is -2.20. The highest BCUT2D eigenvalue weighted by atomic mass is 32.1. The molecule has 19 heavy (non-hydrogen) atoms. The maximum atomic E-state index is 11.0. The van der Waals surface area contributed by atoms with Gasteiger partial charge < -0.3 is 11.1 Å². The molecule has 0 aliphatic heterocycles. The molecule has 1 aromatic rings. The summed E-state index contributed by atoms with van der Waals surface area (Å²) in [6.45, 7) is 4.29. The molecule has 3 nitrogen and oxygen atoms in total. The van der Waals surface area contributed by atoms with Crippen molar-refractivity contribution in [1.82, 2.24) is 5.32 Å². The van der Waals surface area contributed by atoms with Crippen molar-refractivity contribution >= 4 is 17.2 Å². The van der Waals surface area contributed by atoms with Gasteiger partial charge in [0.1, 0.15) is 0 Å². The van der Waals surface area contributed by atoms with E-state index in [-0.39, 0.29) is 5.91 Å². The van der Waals surface area contributed by atoms with E-state index >= 15 is 0 Å². The third-order valence-electron chi connectivity index (χ3n) is 4.01. The minimum absolute atomic E-state index is 0.335. The van der Waals surface area contributed by atoms with Crippen LogP contribution in [0, 0.1) is 11.8 Å². The van der Waals surface area contributed by atoms with Gasteiger partial charge in [-0.2, -0.15) is 0 Å². The molecule has 0 bridgehead atoms. The first kappa shape index (κ1) is 14.5. The normalized spacial score (nSPS) is 23.4. The minimum Gasteiger partial charge on any atom is -0.366 e. The van der Waals surface area contributed by atoms with E-state index in [0.717, 1.165) is 24.9 Å². The molecule has 4 heteroatoms. The maximum absolute atomic E-state index is 11.0. The van der Waals surface area contributed by atoms with Gasteiger partial charge in [-0.1, -0.05) is 26.2 Å². The Kier molecular flexibility index (Phi) is 5.40. The molecule has 1 aromatic heterocycles. The Morgan fingerprint density at radius 2 is 2.37 bits per heavy atom. The number of nitrogens with one attached hydrogen (secondary N) is 1. The predicted molar refractivity (Wildman–Crippen MR) is 80.3 cm³/mol. The Balaban J connectivity index is 1.64. The van der Waals surface area contributed by atoms with E-state index < -0.39 is 0 Å². The lowest BCUT2D eigenvalue weighted by Gasteiger charge is -2.26. The van der Waals surface area contributed by atoms with Crippen LogP contribution >= 0.6 is 11.3 Å². The zero-order valence-electron chi connectivity index (χ0n) is 11.7. The van der Waals surface area contributed by atoms with Crippen molar-refractivity contribution in [2.75, 3.05) is 6.54 Å². The third-order valence-corrected chi connectivity index (χ3v) is 4.95. The molecule has 0 radical (unpaired) electrons. The Morgan fingerprint density at radius 3 is 3.05 bits per heavy atom. The van der Waals surface area contributed by atoms with Gasteiger partial charge >= 0.3 is 0 Å². The van der Waals surface area contributed by atoms with Crippen molar-refractivity contribution in [2.45, 2.75) is 45.6 Å². The third kappa shape index (κ3) is 4.62. The number of rotatable bonds is 6. The number of hydrogen-bond donors (Lipinski definition) is 2. The highest BCUT2D eigenvalue weighted by Gasteiger charge is 2.18. The Labute approximate surface area is 119 Å². The fourth-order valence-electron chi connectivity index (χ4n) is 2.94. The van der Waals surface area contributed by atoms with E-state index in [1.807, 2.05) is 11.4 Å². The SMILES string of the molecule is CC1CCCC(CCNCc2cc(C(N)=O)cs2)C1. The van der Waals surface area contributed by atoms with E-state index in [1.165, 1.54) is 37.0 Å². The Hall–Kier alpha value is -0.870. The van der Waals surface area contributed by atoms with Gasteiger partial charge in [-0.15, -0.1) is 11.3 Å². The standard InChI is InChI=1S/C15H24N2OS/c1-11-3-2-4-12(7-11)5-6-17-9-14-8-13(10-19-14)15(16)18/h8,10-12,17H,2-7,9H2,1H3,(H2,16,18). The fourth-order valence-corrected chi connectivity index (χ4v) is 3.79. The van der Waals surface area contributed by atoms with Gasteiger partial charge in [0.05, 0.1) is 5.56 Å². The first-order valence-corrected chi connectivity index (χ1v) is 8.11. The lowest BCUT2D eigenvalue weighted by molar-refractivity contribution is 0.100. The van der Waals surface area contributed by atoms with Crippen molar-refractivity contribution in [1.29, 1.82) is 0 Å². The predicted octanol–water partition coefficient (Wildman–Crippen LogP) is 3.15. The van der Waals surface area contributed by atoms with Crippen LogP contribution in [0.3, 0.4) is 0 Å². The highest BCUT2D eigenvalue weighted by molar-refractivity contribution is 7.10. The monoisotopic (exact) mass is 280 g/mol. The second-order valence-electron chi connectivity index (χ2n) is 5.77. The molecule has 3 N–H and O–H groups in total. The van der Waals surface area contributed by atoms with E-state index in [4.69, 9.17) is 5.73 Å². The van der Waals surface area contributed by atoms with E-state index in [9.17, 15) is 4.79 Å². The first-order valence-electron chi connectivity index (χ1n) is 7.23. The summed E-state index contributed by atoms with van der Waals surface area (Å²) in [5, 5.41) is 5.31. The molecule has 1 amide bonds. The van der Waals surface area contributed by atoms with Crippen LogP contribution in [0.1, 0.15) is 54.3 Å². The number of hydrogen-bond acceptors (Lipinski definition) is 3. The lowest BCUT2D eigenvalue weighted by atomic mass is 9.81. The molecular weight excluding hydrogens is 256 g/mol. The summed E-state index contributed by atoms with van der Waals surface area (Å²) in [4.78, 5) is 12.2. The van der Waals surface area contributed by atoms with Gasteiger partial charge in [0, 0.05) is 16.8 Å². The van der Waals surface area contributed by atoms with E-state index in [1.54, 1.807) is 11.3 Å². The summed E-state index contributed by atoms with van der Waals surface area (Å²) in [7, 11) is 0. The van der Waals surface area contributed by atoms with Crippen LogP contribution < -0.4 is 11.1 Å². The molecule has 1 aliphatic rings.